The molecule has 1 heteroatoms. The van der Waals surface area contributed by atoms with Crippen LogP contribution in [0.25, 0.3) is 0 Å². The van der Waals surface area contributed by atoms with Gasteiger partial charge in [0.1, 0.15) is 8.07 Å². The van der Waals surface area contributed by atoms with Crippen molar-refractivity contribution in [3.8, 4) is 0 Å². The minimum absolute atomic E-state index is 1.22. The maximum atomic E-state index is 3.93. The second-order valence-electron chi connectivity index (χ2n) is 3.14. The molecule has 0 saturated heterocycles. The lowest BCUT2D eigenvalue weighted by atomic mass is 10.6. The van der Waals surface area contributed by atoms with Gasteiger partial charge in [-0.05, 0) is 0 Å². The molecule has 0 aliphatic rings. The third-order valence-corrected chi connectivity index (χ3v) is 6.73. The first-order valence-electron chi connectivity index (χ1n) is 4.52. The first-order valence-corrected chi connectivity index (χ1v) is 7.08. The van der Waals surface area contributed by atoms with Crippen molar-refractivity contribution < 1.29 is 0 Å². The minimum Gasteiger partial charge on any atom is -0.107 e. The third kappa shape index (κ3) is 3.06. The van der Waals surface area contributed by atoms with Crippen LogP contribution in [0.15, 0.2) is 24.6 Å². The highest BCUT2D eigenvalue weighted by Crippen LogP contribution is 2.21. The van der Waals surface area contributed by atoms with Gasteiger partial charge >= 0.3 is 0 Å². The average molecular weight is 168 g/mol. The van der Waals surface area contributed by atoms with Gasteiger partial charge in [-0.1, -0.05) is 50.2 Å². The lowest BCUT2D eigenvalue weighted by Gasteiger charge is -2.22. The summed E-state index contributed by atoms with van der Waals surface area (Å²) in [5, 5.41) is 0. The van der Waals surface area contributed by atoms with Gasteiger partial charge in [0.05, 0.1) is 0 Å². The molecule has 0 aliphatic carbocycles. The monoisotopic (exact) mass is 168 g/mol. The third-order valence-electron chi connectivity index (χ3n) is 2.24. The Balaban J connectivity index is 4.18. The van der Waals surface area contributed by atoms with Crippen LogP contribution in [0.2, 0.25) is 12.1 Å². The average Bonchev–Trinajstić information content (AvgIpc) is 2.04. The fraction of sp³-hybridized carbons (Fsp3) is 0.600. The van der Waals surface area contributed by atoms with E-state index in [2.05, 4.69) is 38.4 Å². The molecule has 0 spiro atoms. The van der Waals surface area contributed by atoms with Crippen molar-refractivity contribution >= 4 is 8.07 Å². The molecule has 0 fully saturated rings. The molecule has 0 aromatic rings. The lowest BCUT2D eigenvalue weighted by Crippen LogP contribution is -2.28. The summed E-state index contributed by atoms with van der Waals surface area (Å²) >= 11 is 0. The van der Waals surface area contributed by atoms with Crippen LogP contribution in [0.4, 0.5) is 0 Å². The maximum Gasteiger partial charge on any atom is 0.100 e. The largest absolute Gasteiger partial charge is 0.107 e. The van der Waals surface area contributed by atoms with Crippen LogP contribution in [-0.4, -0.2) is 8.07 Å². The smallest absolute Gasteiger partial charge is 0.100 e. The standard InChI is InChI=1S/C10H20Si/c1-5-9-11(7-3,8-4)10-6-2/h7-8H,3-6,9-10H2,1-2H3. The topological polar surface area (TPSA) is 0 Å². The van der Waals surface area contributed by atoms with Crippen LogP contribution in [0.3, 0.4) is 0 Å². The van der Waals surface area contributed by atoms with E-state index in [0.717, 1.165) is 0 Å². The molecule has 0 rings (SSSR count). The highest BCUT2D eigenvalue weighted by Gasteiger charge is 2.22. The minimum atomic E-state index is -1.22. The number of rotatable bonds is 6. The van der Waals surface area contributed by atoms with Gasteiger partial charge in [-0.3, -0.25) is 0 Å². The zero-order chi connectivity index (χ0) is 8.74. The van der Waals surface area contributed by atoms with Gasteiger partial charge in [0.2, 0.25) is 0 Å². The lowest BCUT2D eigenvalue weighted by molar-refractivity contribution is 0.996. The predicted molar refractivity (Wildman–Crippen MR) is 56.3 cm³/mol. The van der Waals surface area contributed by atoms with Gasteiger partial charge in [-0.25, -0.2) is 0 Å². The van der Waals surface area contributed by atoms with E-state index < -0.39 is 8.07 Å². The van der Waals surface area contributed by atoms with Crippen molar-refractivity contribution in [3.05, 3.63) is 24.6 Å². The van der Waals surface area contributed by atoms with Crippen molar-refractivity contribution in [1.82, 2.24) is 0 Å². The summed E-state index contributed by atoms with van der Waals surface area (Å²) in [6.07, 6.45) is 2.54. The normalized spacial score (nSPS) is 11.1. The molecule has 11 heavy (non-hydrogen) atoms. The van der Waals surface area contributed by atoms with E-state index in [4.69, 9.17) is 0 Å². The second-order valence-corrected chi connectivity index (χ2v) is 7.42. The zero-order valence-corrected chi connectivity index (χ0v) is 8.90. The van der Waals surface area contributed by atoms with E-state index in [0.29, 0.717) is 0 Å². The van der Waals surface area contributed by atoms with E-state index in [9.17, 15) is 0 Å². The molecule has 0 heterocycles. The van der Waals surface area contributed by atoms with Crippen molar-refractivity contribution in [3.63, 3.8) is 0 Å². The van der Waals surface area contributed by atoms with Gasteiger partial charge in [0.25, 0.3) is 0 Å². The first-order chi connectivity index (χ1) is 5.24. The quantitative estimate of drug-likeness (QED) is 0.530. The first kappa shape index (κ1) is 10.7. The van der Waals surface area contributed by atoms with Crippen LogP contribution in [0.1, 0.15) is 26.7 Å². The van der Waals surface area contributed by atoms with Crippen molar-refractivity contribution in [1.29, 1.82) is 0 Å². The Labute approximate surface area is 72.0 Å². The zero-order valence-electron chi connectivity index (χ0n) is 7.90. The van der Waals surface area contributed by atoms with E-state index in [-0.39, 0.29) is 0 Å². The second kappa shape index (κ2) is 5.36. The Morgan fingerprint density at radius 2 is 1.36 bits per heavy atom. The van der Waals surface area contributed by atoms with Gasteiger partial charge in [0.15, 0.2) is 0 Å². The Morgan fingerprint density at radius 1 is 1.00 bits per heavy atom. The summed E-state index contributed by atoms with van der Waals surface area (Å²) in [7, 11) is -1.22. The SMILES string of the molecule is C=C[Si](C=C)(CCC)CCC. The molecule has 0 aliphatic heterocycles. The Morgan fingerprint density at radius 3 is 1.55 bits per heavy atom. The van der Waals surface area contributed by atoms with Crippen LogP contribution in [-0.2, 0) is 0 Å². The molecule has 0 amide bonds. The highest BCUT2D eigenvalue weighted by atomic mass is 28.3. The summed E-state index contributed by atoms with van der Waals surface area (Å²) in [4.78, 5) is 0. The van der Waals surface area contributed by atoms with Gasteiger partial charge in [0, 0.05) is 0 Å². The molecule has 0 bridgehead atoms. The fourth-order valence-electron chi connectivity index (χ4n) is 1.55. The van der Waals surface area contributed by atoms with E-state index >= 15 is 0 Å². The van der Waals surface area contributed by atoms with Gasteiger partial charge < -0.3 is 0 Å². The Bertz CT molecular complexity index is 111. The number of hydrogen-bond acceptors (Lipinski definition) is 0. The molecule has 0 aromatic heterocycles. The molecule has 0 N–H and O–H groups in total. The van der Waals surface area contributed by atoms with E-state index in [1.807, 2.05) is 0 Å². The molecule has 64 valence electrons. The maximum absolute atomic E-state index is 3.93. The van der Waals surface area contributed by atoms with Crippen LogP contribution < -0.4 is 0 Å². The Hall–Kier alpha value is -0.303. The molecule has 0 unspecified atom stereocenters. The van der Waals surface area contributed by atoms with Crippen molar-refractivity contribution in [2.75, 3.05) is 0 Å². The van der Waals surface area contributed by atoms with Gasteiger partial charge in [-0.2, -0.15) is 0 Å². The van der Waals surface area contributed by atoms with Crippen LogP contribution >= 0.6 is 0 Å². The summed E-state index contributed by atoms with van der Waals surface area (Å²) in [6, 6.07) is 2.65. The van der Waals surface area contributed by atoms with E-state index in [1.165, 1.54) is 24.9 Å². The van der Waals surface area contributed by atoms with Crippen molar-refractivity contribution in [2.24, 2.45) is 0 Å². The fourth-order valence-corrected chi connectivity index (χ4v) is 4.64. The van der Waals surface area contributed by atoms with Crippen LogP contribution in [0, 0.1) is 0 Å². The molecule has 0 nitrogen and oxygen atoms in total. The van der Waals surface area contributed by atoms with Gasteiger partial charge in [-0.15, -0.1) is 13.2 Å². The molecular formula is C10H20Si. The molecular weight excluding hydrogens is 148 g/mol. The summed E-state index contributed by atoms with van der Waals surface area (Å²) in [5.41, 5.74) is 4.38. The number of hydrogen-bond donors (Lipinski definition) is 0. The van der Waals surface area contributed by atoms with E-state index in [1.54, 1.807) is 0 Å². The predicted octanol–water partition coefficient (Wildman–Crippen LogP) is 3.71. The Kier molecular flexibility index (Phi) is 5.21. The summed E-state index contributed by atoms with van der Waals surface area (Å²) in [6.45, 7) is 12.3. The molecule has 0 aromatic carbocycles. The molecule has 0 atom stereocenters. The molecule has 0 radical (unpaired) electrons. The summed E-state index contributed by atoms with van der Waals surface area (Å²) < 4.78 is 0. The molecule has 0 saturated carbocycles. The summed E-state index contributed by atoms with van der Waals surface area (Å²) in [5.74, 6) is 0. The van der Waals surface area contributed by atoms with Crippen LogP contribution in [0.5, 0.6) is 0 Å². The van der Waals surface area contributed by atoms with Crippen molar-refractivity contribution in [2.45, 2.75) is 38.8 Å². The highest BCUT2D eigenvalue weighted by molar-refractivity contribution is 6.88.